The van der Waals surface area contributed by atoms with Gasteiger partial charge in [0.15, 0.2) is 0 Å². The third kappa shape index (κ3) is 3.32. The zero-order chi connectivity index (χ0) is 12.8. The molecule has 1 aromatic heterocycles. The van der Waals surface area contributed by atoms with Gasteiger partial charge >= 0.3 is 0 Å². The molecule has 2 rings (SSSR count). The molecule has 1 fully saturated rings. The molecule has 98 valence electrons. The Bertz CT molecular complexity index is 379. The van der Waals surface area contributed by atoms with E-state index in [4.69, 9.17) is 11.6 Å². The fourth-order valence-corrected chi connectivity index (χ4v) is 2.12. The van der Waals surface area contributed by atoms with Crippen molar-refractivity contribution in [2.45, 2.75) is 12.8 Å². The van der Waals surface area contributed by atoms with Crippen molar-refractivity contribution < 1.29 is 4.79 Å². The third-order valence-electron chi connectivity index (χ3n) is 2.99. The fourth-order valence-electron chi connectivity index (χ4n) is 1.99. The van der Waals surface area contributed by atoms with Gasteiger partial charge in [0.1, 0.15) is 0 Å². The SMILES string of the molecule is O=C(CCCCl)N1CCN(c2ncccn2)CC1. The first kappa shape index (κ1) is 13.1. The van der Waals surface area contributed by atoms with Gasteiger partial charge in [0.05, 0.1) is 0 Å². The number of hydrogen-bond acceptors (Lipinski definition) is 4. The van der Waals surface area contributed by atoms with Crippen LogP contribution in [0, 0.1) is 0 Å². The molecule has 2 heterocycles. The van der Waals surface area contributed by atoms with Crippen molar-refractivity contribution in [3.8, 4) is 0 Å². The van der Waals surface area contributed by atoms with Gasteiger partial charge in [-0.15, -0.1) is 11.6 Å². The molecule has 0 atom stereocenters. The van der Waals surface area contributed by atoms with Crippen LogP contribution in [0.15, 0.2) is 18.5 Å². The zero-order valence-electron chi connectivity index (χ0n) is 10.3. The minimum Gasteiger partial charge on any atom is -0.339 e. The van der Waals surface area contributed by atoms with E-state index in [9.17, 15) is 4.79 Å². The first-order chi connectivity index (χ1) is 8.81. The standard InChI is InChI=1S/C12H17ClN4O/c13-4-1-3-11(18)16-7-9-17(10-8-16)12-14-5-2-6-15-12/h2,5-6H,1,3-4,7-10H2. The molecule has 0 spiro atoms. The molecule has 0 unspecified atom stereocenters. The molecule has 0 radical (unpaired) electrons. The van der Waals surface area contributed by atoms with Gasteiger partial charge in [0, 0.05) is 50.9 Å². The molecule has 1 amide bonds. The van der Waals surface area contributed by atoms with Crippen molar-refractivity contribution in [1.82, 2.24) is 14.9 Å². The predicted molar refractivity (Wildman–Crippen MR) is 70.8 cm³/mol. The Morgan fingerprint density at radius 1 is 1.22 bits per heavy atom. The molecule has 18 heavy (non-hydrogen) atoms. The average molecular weight is 269 g/mol. The third-order valence-corrected chi connectivity index (χ3v) is 3.26. The maximum Gasteiger partial charge on any atom is 0.225 e. The van der Waals surface area contributed by atoms with E-state index in [1.54, 1.807) is 18.5 Å². The van der Waals surface area contributed by atoms with Gasteiger partial charge in [-0.25, -0.2) is 9.97 Å². The van der Waals surface area contributed by atoms with Crippen molar-refractivity contribution in [3.63, 3.8) is 0 Å². The summed E-state index contributed by atoms with van der Waals surface area (Å²) in [6.07, 6.45) is 4.77. The molecule has 1 saturated heterocycles. The number of hydrogen-bond donors (Lipinski definition) is 0. The van der Waals surface area contributed by atoms with E-state index in [-0.39, 0.29) is 5.91 Å². The van der Waals surface area contributed by atoms with Gasteiger partial charge in [-0.3, -0.25) is 4.79 Å². The normalized spacial score (nSPS) is 15.8. The number of alkyl halides is 1. The monoisotopic (exact) mass is 268 g/mol. The molecule has 1 aliphatic heterocycles. The Kier molecular flexibility index (Phi) is 4.75. The number of rotatable bonds is 4. The Balaban J connectivity index is 1.83. The molecule has 1 aliphatic rings. The summed E-state index contributed by atoms with van der Waals surface area (Å²) in [6, 6.07) is 1.80. The van der Waals surface area contributed by atoms with Crippen LogP contribution in [0.3, 0.4) is 0 Å². The first-order valence-electron chi connectivity index (χ1n) is 6.17. The van der Waals surface area contributed by atoms with Crippen LogP contribution in [0.2, 0.25) is 0 Å². The highest BCUT2D eigenvalue weighted by molar-refractivity contribution is 6.17. The smallest absolute Gasteiger partial charge is 0.225 e. The number of aromatic nitrogens is 2. The van der Waals surface area contributed by atoms with E-state index in [2.05, 4.69) is 14.9 Å². The van der Waals surface area contributed by atoms with Crippen LogP contribution in [0.25, 0.3) is 0 Å². The summed E-state index contributed by atoms with van der Waals surface area (Å²) in [6.45, 7) is 3.05. The van der Waals surface area contributed by atoms with Crippen LogP contribution in [0.5, 0.6) is 0 Å². The Morgan fingerprint density at radius 2 is 1.89 bits per heavy atom. The van der Waals surface area contributed by atoms with E-state index in [0.717, 1.165) is 38.5 Å². The highest BCUT2D eigenvalue weighted by atomic mass is 35.5. The summed E-state index contributed by atoms with van der Waals surface area (Å²) in [5.74, 6) is 1.48. The van der Waals surface area contributed by atoms with Crippen molar-refractivity contribution in [2.24, 2.45) is 0 Å². The molecule has 0 aromatic carbocycles. The second-order valence-electron chi connectivity index (χ2n) is 4.21. The molecule has 0 aliphatic carbocycles. The molecule has 6 heteroatoms. The van der Waals surface area contributed by atoms with Crippen molar-refractivity contribution in [3.05, 3.63) is 18.5 Å². The summed E-state index contributed by atoms with van der Waals surface area (Å²) in [7, 11) is 0. The number of anilines is 1. The zero-order valence-corrected chi connectivity index (χ0v) is 11.0. The lowest BCUT2D eigenvalue weighted by Crippen LogP contribution is -2.49. The fraction of sp³-hybridized carbons (Fsp3) is 0.583. The Labute approximate surface area is 112 Å². The summed E-state index contributed by atoms with van der Waals surface area (Å²) in [4.78, 5) is 24.2. The summed E-state index contributed by atoms with van der Waals surface area (Å²) >= 11 is 5.59. The molecule has 0 N–H and O–H groups in total. The largest absolute Gasteiger partial charge is 0.339 e. The number of carbonyl (C=O) groups is 1. The van der Waals surface area contributed by atoms with Crippen LogP contribution in [0.1, 0.15) is 12.8 Å². The minimum absolute atomic E-state index is 0.198. The molecule has 0 saturated carbocycles. The Morgan fingerprint density at radius 3 is 2.50 bits per heavy atom. The van der Waals surface area contributed by atoms with E-state index >= 15 is 0 Å². The van der Waals surface area contributed by atoms with Gasteiger partial charge in [-0.1, -0.05) is 0 Å². The molecule has 1 aromatic rings. The second-order valence-corrected chi connectivity index (χ2v) is 4.59. The molecule has 5 nitrogen and oxygen atoms in total. The first-order valence-corrected chi connectivity index (χ1v) is 6.70. The van der Waals surface area contributed by atoms with Crippen molar-refractivity contribution in [1.29, 1.82) is 0 Å². The lowest BCUT2D eigenvalue weighted by molar-refractivity contribution is -0.131. The lowest BCUT2D eigenvalue weighted by Gasteiger charge is -2.34. The topological polar surface area (TPSA) is 49.3 Å². The van der Waals surface area contributed by atoms with Crippen molar-refractivity contribution >= 4 is 23.5 Å². The van der Waals surface area contributed by atoms with E-state index in [0.29, 0.717) is 12.3 Å². The van der Waals surface area contributed by atoms with Crippen molar-refractivity contribution in [2.75, 3.05) is 37.0 Å². The average Bonchev–Trinajstić information content (AvgIpc) is 2.46. The van der Waals surface area contributed by atoms with E-state index < -0.39 is 0 Å². The van der Waals surface area contributed by atoms with Crippen LogP contribution in [-0.2, 0) is 4.79 Å². The molecular formula is C12H17ClN4O. The van der Waals surface area contributed by atoms with Gasteiger partial charge in [-0.2, -0.15) is 0 Å². The Hall–Kier alpha value is -1.36. The summed E-state index contributed by atoms with van der Waals surface area (Å²) < 4.78 is 0. The minimum atomic E-state index is 0.198. The lowest BCUT2D eigenvalue weighted by atomic mass is 10.2. The number of piperazine rings is 1. The van der Waals surface area contributed by atoms with Gasteiger partial charge in [0.2, 0.25) is 11.9 Å². The highest BCUT2D eigenvalue weighted by Gasteiger charge is 2.21. The number of nitrogens with zero attached hydrogens (tertiary/aromatic N) is 4. The second kappa shape index (κ2) is 6.54. The highest BCUT2D eigenvalue weighted by Crippen LogP contribution is 2.10. The number of carbonyl (C=O) groups excluding carboxylic acids is 1. The maximum atomic E-state index is 11.8. The van der Waals surface area contributed by atoms with Gasteiger partial charge in [0.25, 0.3) is 0 Å². The predicted octanol–water partition coefficient (Wildman–Crippen LogP) is 1.14. The van der Waals surface area contributed by atoms with Gasteiger partial charge in [-0.05, 0) is 12.5 Å². The van der Waals surface area contributed by atoms with Crippen LogP contribution in [-0.4, -0.2) is 52.8 Å². The molecular weight excluding hydrogens is 252 g/mol. The van der Waals surface area contributed by atoms with Crippen LogP contribution in [0.4, 0.5) is 5.95 Å². The van der Waals surface area contributed by atoms with Gasteiger partial charge < -0.3 is 9.80 Å². The van der Waals surface area contributed by atoms with E-state index in [1.165, 1.54) is 0 Å². The quantitative estimate of drug-likeness (QED) is 0.769. The summed E-state index contributed by atoms with van der Waals surface area (Å²) in [5.41, 5.74) is 0. The molecule has 0 bridgehead atoms. The number of amides is 1. The van der Waals surface area contributed by atoms with E-state index in [1.807, 2.05) is 4.90 Å². The van der Waals surface area contributed by atoms with Crippen LogP contribution >= 0.6 is 11.6 Å². The van der Waals surface area contributed by atoms with Crippen LogP contribution < -0.4 is 4.90 Å². The maximum absolute atomic E-state index is 11.8. The summed E-state index contributed by atoms with van der Waals surface area (Å²) in [5, 5.41) is 0. The number of halogens is 1.